The van der Waals surface area contributed by atoms with E-state index in [1.807, 2.05) is 0 Å². The normalized spacial score (nSPS) is 19.9. The molecule has 1 unspecified atom stereocenters. The van der Waals surface area contributed by atoms with Crippen LogP contribution in [-0.2, 0) is 0 Å². The van der Waals surface area contributed by atoms with Crippen LogP contribution in [0, 0.1) is 5.82 Å². The van der Waals surface area contributed by atoms with Gasteiger partial charge in [-0.3, -0.25) is 0 Å². The number of halogens is 1. The van der Waals surface area contributed by atoms with Crippen molar-refractivity contribution in [3.05, 3.63) is 42.2 Å². The van der Waals surface area contributed by atoms with Crippen LogP contribution in [0.3, 0.4) is 0 Å². The summed E-state index contributed by atoms with van der Waals surface area (Å²) < 4.78 is 19.1. The average molecular weight is 246 g/mol. The Bertz CT molecular complexity index is 532. The van der Waals surface area contributed by atoms with Crippen LogP contribution in [0.5, 0.6) is 0 Å². The van der Waals surface area contributed by atoms with E-state index < -0.39 is 0 Å². The second-order valence-electron chi connectivity index (χ2n) is 4.59. The van der Waals surface area contributed by atoms with Crippen LogP contribution in [0.1, 0.15) is 24.7 Å². The number of piperidine rings is 1. The molecule has 3 rings (SSSR count). The third-order valence-electron chi connectivity index (χ3n) is 3.32. The van der Waals surface area contributed by atoms with Crippen LogP contribution < -0.4 is 5.32 Å². The van der Waals surface area contributed by atoms with Gasteiger partial charge in [0.1, 0.15) is 17.8 Å². The number of hydrogen-bond donors (Lipinski definition) is 1. The predicted molar refractivity (Wildman–Crippen MR) is 66.7 cm³/mol. The number of aromatic nitrogens is 1. The molecule has 0 bridgehead atoms. The van der Waals surface area contributed by atoms with Crippen molar-refractivity contribution in [1.29, 1.82) is 0 Å². The van der Waals surface area contributed by atoms with E-state index >= 15 is 0 Å². The monoisotopic (exact) mass is 246 g/mol. The number of rotatable bonds is 2. The molecular weight excluding hydrogens is 231 g/mol. The van der Waals surface area contributed by atoms with Gasteiger partial charge < -0.3 is 9.73 Å². The highest BCUT2D eigenvalue weighted by Crippen LogP contribution is 2.27. The lowest BCUT2D eigenvalue weighted by molar-refractivity contribution is 0.376. The molecule has 0 spiro atoms. The van der Waals surface area contributed by atoms with Crippen molar-refractivity contribution in [1.82, 2.24) is 10.3 Å². The fourth-order valence-electron chi connectivity index (χ4n) is 2.33. The van der Waals surface area contributed by atoms with Gasteiger partial charge in [-0.1, -0.05) is 12.1 Å². The van der Waals surface area contributed by atoms with Gasteiger partial charge in [-0.2, -0.15) is 0 Å². The SMILES string of the molecule is Fc1ccccc1-c1coc(C2CCCNC2)n1. The summed E-state index contributed by atoms with van der Waals surface area (Å²) in [5.74, 6) is 0.749. The molecule has 0 amide bonds. The minimum absolute atomic E-state index is 0.265. The smallest absolute Gasteiger partial charge is 0.198 e. The first-order chi connectivity index (χ1) is 8.84. The highest BCUT2D eigenvalue weighted by Gasteiger charge is 2.21. The average Bonchev–Trinajstić information content (AvgIpc) is 2.90. The molecule has 2 heterocycles. The van der Waals surface area contributed by atoms with Crippen molar-refractivity contribution in [2.75, 3.05) is 13.1 Å². The van der Waals surface area contributed by atoms with Gasteiger partial charge in [0.25, 0.3) is 0 Å². The first-order valence-electron chi connectivity index (χ1n) is 6.25. The molecule has 2 aromatic rings. The lowest BCUT2D eigenvalue weighted by atomic mass is 10.00. The quantitative estimate of drug-likeness (QED) is 0.885. The van der Waals surface area contributed by atoms with Gasteiger partial charge in [-0.25, -0.2) is 9.37 Å². The van der Waals surface area contributed by atoms with Crippen molar-refractivity contribution < 1.29 is 8.81 Å². The number of benzene rings is 1. The molecule has 4 heteroatoms. The summed E-state index contributed by atoms with van der Waals surface area (Å²) >= 11 is 0. The lowest BCUT2D eigenvalue weighted by Crippen LogP contribution is -2.28. The predicted octanol–water partition coefficient (Wildman–Crippen LogP) is 2.95. The van der Waals surface area contributed by atoms with Crippen LogP contribution >= 0.6 is 0 Å². The summed E-state index contributed by atoms with van der Waals surface area (Å²) in [6.45, 7) is 1.94. The molecule has 1 aromatic heterocycles. The summed E-state index contributed by atoms with van der Waals surface area (Å²) in [6, 6.07) is 6.63. The Hall–Kier alpha value is -1.68. The van der Waals surface area contributed by atoms with E-state index in [9.17, 15) is 4.39 Å². The molecule has 1 atom stereocenters. The van der Waals surface area contributed by atoms with Crippen LogP contribution in [0.25, 0.3) is 11.3 Å². The molecule has 1 aromatic carbocycles. The molecule has 0 radical (unpaired) electrons. The van der Waals surface area contributed by atoms with E-state index in [1.165, 1.54) is 6.07 Å². The molecule has 1 aliphatic rings. The Kier molecular flexibility index (Phi) is 3.11. The first kappa shape index (κ1) is 11.4. The summed E-state index contributed by atoms with van der Waals surface area (Å²) in [7, 11) is 0. The minimum atomic E-state index is -0.265. The molecule has 3 nitrogen and oxygen atoms in total. The molecule has 94 valence electrons. The van der Waals surface area contributed by atoms with Crippen LogP contribution in [0.2, 0.25) is 0 Å². The summed E-state index contributed by atoms with van der Waals surface area (Å²) in [5, 5.41) is 3.32. The van der Waals surface area contributed by atoms with E-state index in [1.54, 1.807) is 24.5 Å². The minimum Gasteiger partial charge on any atom is -0.448 e. The Balaban J connectivity index is 1.87. The summed E-state index contributed by atoms with van der Waals surface area (Å²) in [4.78, 5) is 4.42. The zero-order valence-electron chi connectivity index (χ0n) is 10.0. The Morgan fingerprint density at radius 1 is 1.33 bits per heavy atom. The van der Waals surface area contributed by atoms with Gasteiger partial charge in [-0.05, 0) is 31.5 Å². The topological polar surface area (TPSA) is 38.1 Å². The van der Waals surface area contributed by atoms with Gasteiger partial charge >= 0.3 is 0 Å². The van der Waals surface area contributed by atoms with Crippen molar-refractivity contribution in [2.45, 2.75) is 18.8 Å². The maximum Gasteiger partial charge on any atom is 0.198 e. The zero-order valence-corrected chi connectivity index (χ0v) is 10.0. The van der Waals surface area contributed by atoms with Gasteiger partial charge in [0.2, 0.25) is 0 Å². The van der Waals surface area contributed by atoms with Crippen molar-refractivity contribution in [3.63, 3.8) is 0 Å². The highest BCUT2D eigenvalue weighted by molar-refractivity contribution is 5.58. The van der Waals surface area contributed by atoms with Gasteiger partial charge in [-0.15, -0.1) is 0 Å². The molecule has 1 aliphatic heterocycles. The Morgan fingerprint density at radius 3 is 3.00 bits per heavy atom. The van der Waals surface area contributed by atoms with Crippen LogP contribution in [-0.4, -0.2) is 18.1 Å². The maximum absolute atomic E-state index is 13.6. The number of hydrogen-bond acceptors (Lipinski definition) is 3. The Morgan fingerprint density at radius 2 is 2.22 bits per heavy atom. The van der Waals surface area contributed by atoms with E-state index in [4.69, 9.17) is 4.42 Å². The van der Waals surface area contributed by atoms with Crippen LogP contribution in [0.15, 0.2) is 34.9 Å². The van der Waals surface area contributed by atoms with E-state index in [0.717, 1.165) is 25.9 Å². The van der Waals surface area contributed by atoms with Crippen molar-refractivity contribution in [2.24, 2.45) is 0 Å². The zero-order chi connectivity index (χ0) is 12.4. The Labute approximate surface area is 105 Å². The summed E-state index contributed by atoms with van der Waals surface area (Å²) in [6.07, 6.45) is 3.74. The fraction of sp³-hybridized carbons (Fsp3) is 0.357. The van der Waals surface area contributed by atoms with Gasteiger partial charge in [0.05, 0.1) is 0 Å². The number of oxazole rings is 1. The number of nitrogens with one attached hydrogen (secondary N) is 1. The highest BCUT2D eigenvalue weighted by atomic mass is 19.1. The van der Waals surface area contributed by atoms with Gasteiger partial charge in [0, 0.05) is 18.0 Å². The van der Waals surface area contributed by atoms with Crippen molar-refractivity contribution in [3.8, 4) is 11.3 Å². The maximum atomic E-state index is 13.6. The van der Waals surface area contributed by atoms with Crippen LogP contribution in [0.4, 0.5) is 4.39 Å². The molecule has 0 aliphatic carbocycles. The second kappa shape index (κ2) is 4.90. The third kappa shape index (κ3) is 2.16. The van der Waals surface area contributed by atoms with E-state index in [0.29, 0.717) is 23.1 Å². The molecule has 1 N–H and O–H groups in total. The van der Waals surface area contributed by atoms with E-state index in [2.05, 4.69) is 10.3 Å². The molecule has 18 heavy (non-hydrogen) atoms. The lowest BCUT2D eigenvalue weighted by Gasteiger charge is -2.19. The van der Waals surface area contributed by atoms with E-state index in [-0.39, 0.29) is 5.82 Å². The molecular formula is C14H15FN2O. The molecule has 0 saturated carbocycles. The molecule has 1 saturated heterocycles. The number of nitrogens with zero attached hydrogens (tertiary/aromatic N) is 1. The third-order valence-corrected chi connectivity index (χ3v) is 3.32. The summed E-state index contributed by atoms with van der Waals surface area (Å²) in [5.41, 5.74) is 1.07. The van der Waals surface area contributed by atoms with Gasteiger partial charge in [0.15, 0.2) is 5.89 Å². The largest absolute Gasteiger partial charge is 0.448 e. The van der Waals surface area contributed by atoms with Crippen molar-refractivity contribution >= 4 is 0 Å². The molecule has 1 fully saturated rings. The standard InChI is InChI=1S/C14H15FN2O/c15-12-6-2-1-5-11(12)13-9-18-14(17-13)10-4-3-7-16-8-10/h1-2,5-6,9-10,16H,3-4,7-8H2. The first-order valence-corrected chi connectivity index (χ1v) is 6.25. The second-order valence-corrected chi connectivity index (χ2v) is 4.59. The fourth-order valence-corrected chi connectivity index (χ4v) is 2.33.